The van der Waals surface area contributed by atoms with E-state index < -0.39 is 0 Å². The van der Waals surface area contributed by atoms with Crippen molar-refractivity contribution < 1.29 is 9.84 Å². The Morgan fingerprint density at radius 3 is 2.55 bits per heavy atom. The molecule has 106 valence electrons. The van der Waals surface area contributed by atoms with Crippen molar-refractivity contribution in [3.8, 4) is 11.5 Å². The van der Waals surface area contributed by atoms with Crippen LogP contribution in [0.1, 0.15) is 5.56 Å². The van der Waals surface area contributed by atoms with E-state index in [4.69, 9.17) is 4.74 Å². The SMILES string of the molecule is COc1cc(Br)c(Br)c(CNNc2ccccc2)c1O. The van der Waals surface area contributed by atoms with Crippen LogP contribution in [0.2, 0.25) is 0 Å². The van der Waals surface area contributed by atoms with Gasteiger partial charge in [-0.2, -0.15) is 0 Å². The number of phenolic OH excluding ortho intramolecular Hbond substituents is 1. The molecule has 0 saturated carbocycles. The van der Waals surface area contributed by atoms with Crippen molar-refractivity contribution in [2.45, 2.75) is 6.54 Å². The van der Waals surface area contributed by atoms with Crippen LogP contribution in [-0.4, -0.2) is 12.2 Å². The summed E-state index contributed by atoms with van der Waals surface area (Å²) >= 11 is 6.87. The maximum atomic E-state index is 10.1. The molecule has 0 saturated heterocycles. The lowest BCUT2D eigenvalue weighted by Gasteiger charge is -2.14. The van der Waals surface area contributed by atoms with Crippen LogP contribution in [0, 0.1) is 0 Å². The highest BCUT2D eigenvalue weighted by Gasteiger charge is 2.15. The molecule has 0 radical (unpaired) electrons. The van der Waals surface area contributed by atoms with Gasteiger partial charge in [-0.3, -0.25) is 0 Å². The van der Waals surface area contributed by atoms with Crippen molar-refractivity contribution >= 4 is 37.5 Å². The molecule has 0 spiro atoms. The first-order chi connectivity index (χ1) is 9.63. The molecule has 2 aromatic rings. The second kappa shape index (κ2) is 6.97. The zero-order chi connectivity index (χ0) is 14.5. The van der Waals surface area contributed by atoms with Crippen molar-refractivity contribution in [1.82, 2.24) is 5.43 Å². The fourth-order valence-electron chi connectivity index (χ4n) is 1.72. The quantitative estimate of drug-likeness (QED) is 0.661. The molecule has 0 amide bonds. The van der Waals surface area contributed by atoms with Crippen LogP contribution in [0.4, 0.5) is 5.69 Å². The van der Waals surface area contributed by atoms with Crippen LogP contribution in [0.25, 0.3) is 0 Å². The molecule has 0 aromatic heterocycles. The monoisotopic (exact) mass is 400 g/mol. The molecule has 2 aromatic carbocycles. The first-order valence-corrected chi connectivity index (χ1v) is 7.50. The predicted molar refractivity (Wildman–Crippen MR) is 87.0 cm³/mol. The second-order valence-electron chi connectivity index (χ2n) is 4.05. The summed E-state index contributed by atoms with van der Waals surface area (Å²) in [4.78, 5) is 0. The molecule has 0 heterocycles. The Bertz CT molecular complexity index is 591. The number of anilines is 1. The van der Waals surface area contributed by atoms with Crippen molar-refractivity contribution in [2.75, 3.05) is 12.5 Å². The second-order valence-corrected chi connectivity index (χ2v) is 5.69. The Morgan fingerprint density at radius 1 is 1.20 bits per heavy atom. The lowest BCUT2D eigenvalue weighted by molar-refractivity contribution is 0.369. The van der Waals surface area contributed by atoms with E-state index in [0.29, 0.717) is 17.9 Å². The van der Waals surface area contributed by atoms with Crippen molar-refractivity contribution in [3.63, 3.8) is 0 Å². The lowest BCUT2D eigenvalue weighted by atomic mass is 10.2. The van der Waals surface area contributed by atoms with Crippen LogP contribution in [0.15, 0.2) is 45.3 Å². The van der Waals surface area contributed by atoms with Gasteiger partial charge in [0.05, 0.1) is 7.11 Å². The molecule has 0 aliphatic rings. The molecule has 4 nitrogen and oxygen atoms in total. The van der Waals surface area contributed by atoms with E-state index in [0.717, 1.165) is 14.6 Å². The average Bonchev–Trinajstić information content (AvgIpc) is 2.47. The maximum Gasteiger partial charge on any atom is 0.163 e. The van der Waals surface area contributed by atoms with Crippen LogP contribution in [-0.2, 0) is 6.54 Å². The molecule has 0 atom stereocenters. The topological polar surface area (TPSA) is 53.5 Å². The number of para-hydroxylation sites is 1. The summed E-state index contributed by atoms with van der Waals surface area (Å²) in [5, 5.41) is 10.1. The Morgan fingerprint density at radius 2 is 1.90 bits per heavy atom. The summed E-state index contributed by atoms with van der Waals surface area (Å²) in [5.41, 5.74) is 7.79. The third kappa shape index (κ3) is 3.45. The van der Waals surface area contributed by atoms with Crippen molar-refractivity contribution in [3.05, 3.63) is 50.9 Å². The Labute approximate surface area is 134 Å². The molecule has 0 aliphatic carbocycles. The summed E-state index contributed by atoms with van der Waals surface area (Å²) < 4.78 is 6.75. The zero-order valence-corrected chi connectivity index (χ0v) is 14.0. The fraction of sp³-hybridized carbons (Fsp3) is 0.143. The van der Waals surface area contributed by atoms with E-state index in [1.165, 1.54) is 7.11 Å². The molecule has 2 rings (SSSR count). The number of phenols is 1. The summed E-state index contributed by atoms with van der Waals surface area (Å²) in [7, 11) is 1.52. The van der Waals surface area contributed by atoms with Gasteiger partial charge in [0.1, 0.15) is 0 Å². The minimum atomic E-state index is 0.116. The number of ether oxygens (including phenoxy) is 1. The highest BCUT2D eigenvalue weighted by Crippen LogP contribution is 2.40. The molecular formula is C14H14Br2N2O2. The van der Waals surface area contributed by atoms with Gasteiger partial charge >= 0.3 is 0 Å². The summed E-state index contributed by atoms with van der Waals surface area (Å²) in [5.74, 6) is 0.543. The van der Waals surface area contributed by atoms with Gasteiger partial charge in [-0.25, -0.2) is 5.43 Å². The average molecular weight is 402 g/mol. The summed E-state index contributed by atoms with van der Waals surface area (Å²) in [6.45, 7) is 0.428. The van der Waals surface area contributed by atoms with Crippen LogP contribution >= 0.6 is 31.9 Å². The van der Waals surface area contributed by atoms with Gasteiger partial charge < -0.3 is 15.3 Å². The molecule has 0 bridgehead atoms. The summed E-state index contributed by atoms with van der Waals surface area (Å²) in [6, 6.07) is 11.5. The summed E-state index contributed by atoms with van der Waals surface area (Å²) in [6.07, 6.45) is 0. The Balaban J connectivity index is 2.11. The number of hydrogen-bond acceptors (Lipinski definition) is 4. The Hall–Kier alpha value is -1.24. The van der Waals surface area contributed by atoms with Gasteiger partial charge in [0.15, 0.2) is 11.5 Å². The highest BCUT2D eigenvalue weighted by atomic mass is 79.9. The number of hydrogen-bond donors (Lipinski definition) is 3. The third-order valence-corrected chi connectivity index (χ3v) is 4.81. The van der Waals surface area contributed by atoms with Gasteiger partial charge in [0.2, 0.25) is 0 Å². The highest BCUT2D eigenvalue weighted by molar-refractivity contribution is 9.13. The molecular weight excluding hydrogens is 388 g/mol. The van der Waals surface area contributed by atoms with E-state index in [9.17, 15) is 5.11 Å². The van der Waals surface area contributed by atoms with Gasteiger partial charge in [0.25, 0.3) is 0 Å². The molecule has 0 fully saturated rings. The Kier molecular flexibility index (Phi) is 5.28. The minimum absolute atomic E-state index is 0.116. The number of methoxy groups -OCH3 is 1. The normalized spacial score (nSPS) is 10.3. The minimum Gasteiger partial charge on any atom is -0.504 e. The number of rotatable bonds is 5. The molecule has 0 aliphatic heterocycles. The largest absolute Gasteiger partial charge is 0.504 e. The number of benzene rings is 2. The number of nitrogens with one attached hydrogen (secondary N) is 2. The van der Waals surface area contributed by atoms with Crippen molar-refractivity contribution in [2.24, 2.45) is 0 Å². The molecule has 3 N–H and O–H groups in total. The zero-order valence-electron chi connectivity index (χ0n) is 10.8. The van der Waals surface area contributed by atoms with Gasteiger partial charge in [0, 0.05) is 26.7 Å². The van der Waals surface area contributed by atoms with Gasteiger partial charge in [-0.1, -0.05) is 18.2 Å². The van der Waals surface area contributed by atoms with E-state index in [-0.39, 0.29) is 5.75 Å². The van der Waals surface area contributed by atoms with Crippen LogP contribution in [0.5, 0.6) is 11.5 Å². The van der Waals surface area contributed by atoms with E-state index in [1.807, 2.05) is 30.3 Å². The first-order valence-electron chi connectivity index (χ1n) is 5.91. The fourth-order valence-corrected chi connectivity index (χ4v) is 2.61. The van der Waals surface area contributed by atoms with E-state index >= 15 is 0 Å². The third-order valence-electron chi connectivity index (χ3n) is 2.74. The maximum absolute atomic E-state index is 10.1. The standard InChI is InChI=1S/C14H14Br2N2O2/c1-20-12-7-11(15)13(16)10(14(12)19)8-17-18-9-5-3-2-4-6-9/h2-7,17-19H,8H2,1H3. The van der Waals surface area contributed by atoms with Crippen molar-refractivity contribution in [1.29, 1.82) is 0 Å². The van der Waals surface area contributed by atoms with E-state index in [2.05, 4.69) is 42.7 Å². The lowest BCUT2D eigenvalue weighted by Crippen LogP contribution is -2.21. The van der Waals surface area contributed by atoms with Gasteiger partial charge in [-0.15, -0.1) is 0 Å². The number of halogens is 2. The number of aromatic hydroxyl groups is 1. The smallest absolute Gasteiger partial charge is 0.163 e. The molecule has 0 unspecified atom stereocenters. The van der Waals surface area contributed by atoms with E-state index in [1.54, 1.807) is 6.07 Å². The van der Waals surface area contributed by atoms with Crippen LogP contribution < -0.4 is 15.6 Å². The molecule has 20 heavy (non-hydrogen) atoms. The molecule has 6 heteroatoms. The number of hydrazine groups is 1. The van der Waals surface area contributed by atoms with Gasteiger partial charge in [-0.05, 0) is 50.1 Å². The first kappa shape index (κ1) is 15.2. The van der Waals surface area contributed by atoms with Crippen LogP contribution in [0.3, 0.4) is 0 Å². The predicted octanol–water partition coefficient (Wildman–Crippen LogP) is 4.04.